The van der Waals surface area contributed by atoms with Crippen LogP contribution in [-0.4, -0.2) is 45.9 Å². The highest BCUT2D eigenvalue weighted by Crippen LogP contribution is 2.34. The van der Waals surface area contributed by atoms with Crippen LogP contribution >= 0.6 is 0 Å². The summed E-state index contributed by atoms with van der Waals surface area (Å²) in [5.41, 5.74) is 3.03. The summed E-state index contributed by atoms with van der Waals surface area (Å²) in [4.78, 5) is 19.8. The molecule has 1 saturated heterocycles. The van der Waals surface area contributed by atoms with Crippen molar-refractivity contribution < 1.29 is 9.53 Å². The molecule has 1 aliphatic rings. The maximum absolute atomic E-state index is 12.8. The summed E-state index contributed by atoms with van der Waals surface area (Å²) in [6, 6.07) is 13.8. The predicted octanol–water partition coefficient (Wildman–Crippen LogP) is 4.50. The number of carbonyl (C=O) groups is 1. The van der Waals surface area contributed by atoms with Crippen LogP contribution in [0.4, 0.5) is 5.82 Å². The first-order valence-corrected chi connectivity index (χ1v) is 11.0. The molecule has 1 aliphatic heterocycles. The van der Waals surface area contributed by atoms with Crippen LogP contribution in [0.25, 0.3) is 5.65 Å². The Morgan fingerprint density at radius 3 is 2.48 bits per heavy atom. The molecular weight excluding hydrogens is 388 g/mol. The van der Waals surface area contributed by atoms with Crippen molar-refractivity contribution in [3.63, 3.8) is 0 Å². The number of imidazole rings is 1. The molecule has 0 radical (unpaired) electrons. The first-order valence-electron chi connectivity index (χ1n) is 11.0. The van der Waals surface area contributed by atoms with Crippen LogP contribution in [0.2, 0.25) is 0 Å². The van der Waals surface area contributed by atoms with Crippen molar-refractivity contribution in [2.24, 2.45) is 0 Å². The number of rotatable bonds is 5. The fourth-order valence-corrected chi connectivity index (χ4v) is 4.21. The standard InChI is InChI=1S/C25H32N4O2/c1-25(2,3)27-24-23(26-21-7-5-6-14-29(21)24)19-12-15-28(16-13-19)22(30)17-18-8-10-20(31-4)11-9-18/h5-11,14,19,27H,12-13,15-17H2,1-4H3. The predicted molar refractivity (Wildman–Crippen MR) is 124 cm³/mol. The second-order valence-electron chi connectivity index (χ2n) is 9.33. The Kier molecular flexibility index (Phi) is 5.90. The minimum absolute atomic E-state index is 0.0599. The number of benzene rings is 1. The smallest absolute Gasteiger partial charge is 0.226 e. The lowest BCUT2D eigenvalue weighted by atomic mass is 9.92. The second-order valence-corrected chi connectivity index (χ2v) is 9.33. The Balaban J connectivity index is 1.45. The van der Waals surface area contributed by atoms with Gasteiger partial charge in [0, 0.05) is 30.7 Å². The van der Waals surface area contributed by atoms with E-state index in [4.69, 9.17) is 9.72 Å². The molecule has 0 aliphatic carbocycles. The molecule has 0 saturated carbocycles. The molecule has 1 amide bonds. The van der Waals surface area contributed by atoms with E-state index in [0.29, 0.717) is 12.3 Å². The zero-order valence-electron chi connectivity index (χ0n) is 18.9. The highest BCUT2D eigenvalue weighted by Gasteiger charge is 2.29. The average molecular weight is 421 g/mol. The van der Waals surface area contributed by atoms with E-state index < -0.39 is 0 Å². The minimum atomic E-state index is -0.0599. The summed E-state index contributed by atoms with van der Waals surface area (Å²) in [6.45, 7) is 8.03. The molecule has 2 aromatic heterocycles. The number of anilines is 1. The highest BCUT2D eigenvalue weighted by molar-refractivity contribution is 5.79. The van der Waals surface area contributed by atoms with Crippen molar-refractivity contribution in [2.75, 3.05) is 25.5 Å². The molecule has 6 heteroatoms. The summed E-state index contributed by atoms with van der Waals surface area (Å²) in [5.74, 6) is 2.41. The Morgan fingerprint density at radius 2 is 1.84 bits per heavy atom. The van der Waals surface area contributed by atoms with Crippen molar-refractivity contribution in [2.45, 2.75) is 51.5 Å². The van der Waals surface area contributed by atoms with Gasteiger partial charge in [0.15, 0.2) is 0 Å². The number of hydrogen-bond donors (Lipinski definition) is 1. The molecular formula is C25H32N4O2. The van der Waals surface area contributed by atoms with Gasteiger partial charge >= 0.3 is 0 Å². The SMILES string of the molecule is COc1ccc(CC(=O)N2CCC(c3nc4ccccn4c3NC(C)(C)C)CC2)cc1. The number of aromatic nitrogens is 2. The van der Waals surface area contributed by atoms with Crippen LogP contribution in [0.5, 0.6) is 5.75 Å². The number of likely N-dealkylation sites (tertiary alicyclic amines) is 1. The summed E-state index contributed by atoms with van der Waals surface area (Å²) in [6.07, 6.45) is 4.35. The number of fused-ring (bicyclic) bond motifs is 1. The molecule has 164 valence electrons. The van der Waals surface area contributed by atoms with Gasteiger partial charge in [0.2, 0.25) is 5.91 Å². The average Bonchev–Trinajstić information content (AvgIpc) is 3.11. The fraction of sp³-hybridized carbons (Fsp3) is 0.440. The van der Waals surface area contributed by atoms with E-state index in [1.54, 1.807) is 7.11 Å². The molecule has 0 unspecified atom stereocenters. The van der Waals surface area contributed by atoms with Gasteiger partial charge in [0.05, 0.1) is 19.2 Å². The highest BCUT2D eigenvalue weighted by atomic mass is 16.5. The monoisotopic (exact) mass is 420 g/mol. The van der Waals surface area contributed by atoms with Crippen LogP contribution < -0.4 is 10.1 Å². The number of nitrogens with zero attached hydrogens (tertiary/aromatic N) is 3. The number of ether oxygens (including phenoxy) is 1. The largest absolute Gasteiger partial charge is 0.497 e. The zero-order valence-corrected chi connectivity index (χ0v) is 18.9. The van der Waals surface area contributed by atoms with Gasteiger partial charge in [0.25, 0.3) is 0 Å². The number of nitrogens with one attached hydrogen (secondary N) is 1. The molecule has 6 nitrogen and oxygen atoms in total. The number of amides is 1. The van der Waals surface area contributed by atoms with Crippen LogP contribution in [0.1, 0.15) is 50.8 Å². The minimum Gasteiger partial charge on any atom is -0.497 e. The van der Waals surface area contributed by atoms with Gasteiger partial charge < -0.3 is 15.0 Å². The van der Waals surface area contributed by atoms with Crippen LogP contribution in [0.15, 0.2) is 48.7 Å². The van der Waals surface area contributed by atoms with Gasteiger partial charge in [-0.3, -0.25) is 9.20 Å². The maximum atomic E-state index is 12.8. The molecule has 0 spiro atoms. The van der Waals surface area contributed by atoms with E-state index >= 15 is 0 Å². The van der Waals surface area contributed by atoms with E-state index in [2.05, 4.69) is 36.7 Å². The summed E-state index contributed by atoms with van der Waals surface area (Å²) >= 11 is 0. The fourth-order valence-electron chi connectivity index (χ4n) is 4.21. The second kappa shape index (κ2) is 8.61. The third kappa shape index (κ3) is 4.84. The van der Waals surface area contributed by atoms with Crippen molar-refractivity contribution in [3.05, 3.63) is 59.9 Å². The van der Waals surface area contributed by atoms with Gasteiger partial charge in [-0.15, -0.1) is 0 Å². The van der Waals surface area contributed by atoms with E-state index in [-0.39, 0.29) is 11.4 Å². The molecule has 0 bridgehead atoms. The van der Waals surface area contributed by atoms with Gasteiger partial charge in [-0.1, -0.05) is 18.2 Å². The van der Waals surface area contributed by atoms with Crippen molar-refractivity contribution in [3.8, 4) is 5.75 Å². The number of pyridine rings is 1. The lowest BCUT2D eigenvalue weighted by Crippen LogP contribution is -2.39. The Hall–Kier alpha value is -3.02. The molecule has 3 heterocycles. The molecule has 1 fully saturated rings. The number of piperidine rings is 1. The Morgan fingerprint density at radius 1 is 1.13 bits per heavy atom. The van der Waals surface area contributed by atoms with Gasteiger partial charge in [0.1, 0.15) is 17.2 Å². The summed E-state index contributed by atoms with van der Waals surface area (Å²) in [5, 5.41) is 3.66. The van der Waals surface area contributed by atoms with E-state index in [0.717, 1.165) is 54.4 Å². The quantitative estimate of drug-likeness (QED) is 0.660. The first kappa shape index (κ1) is 21.2. The number of carbonyl (C=O) groups excluding carboxylic acids is 1. The zero-order chi connectivity index (χ0) is 22.0. The third-order valence-corrected chi connectivity index (χ3v) is 5.80. The number of hydrogen-bond acceptors (Lipinski definition) is 4. The van der Waals surface area contributed by atoms with Crippen molar-refractivity contribution >= 4 is 17.4 Å². The molecule has 1 aromatic carbocycles. The Labute approximate surface area is 184 Å². The molecule has 3 aromatic rings. The Bertz CT molecular complexity index is 1040. The molecule has 0 atom stereocenters. The topological polar surface area (TPSA) is 58.9 Å². The van der Waals surface area contributed by atoms with E-state index in [1.807, 2.05) is 47.4 Å². The molecule has 1 N–H and O–H groups in total. The summed E-state index contributed by atoms with van der Waals surface area (Å²) in [7, 11) is 1.65. The van der Waals surface area contributed by atoms with Gasteiger partial charge in [-0.25, -0.2) is 4.98 Å². The summed E-state index contributed by atoms with van der Waals surface area (Å²) < 4.78 is 7.34. The van der Waals surface area contributed by atoms with Crippen molar-refractivity contribution in [1.82, 2.24) is 14.3 Å². The van der Waals surface area contributed by atoms with Crippen LogP contribution in [0, 0.1) is 0 Å². The van der Waals surface area contributed by atoms with Gasteiger partial charge in [-0.05, 0) is 63.4 Å². The van der Waals surface area contributed by atoms with Crippen molar-refractivity contribution in [1.29, 1.82) is 0 Å². The lowest BCUT2D eigenvalue weighted by molar-refractivity contribution is -0.131. The van der Waals surface area contributed by atoms with E-state index in [9.17, 15) is 4.79 Å². The molecule has 31 heavy (non-hydrogen) atoms. The normalized spacial score (nSPS) is 15.3. The van der Waals surface area contributed by atoms with Crippen LogP contribution in [-0.2, 0) is 11.2 Å². The van der Waals surface area contributed by atoms with Gasteiger partial charge in [-0.2, -0.15) is 0 Å². The first-order chi connectivity index (χ1) is 14.8. The third-order valence-electron chi connectivity index (χ3n) is 5.80. The molecule has 4 rings (SSSR count). The lowest BCUT2D eigenvalue weighted by Gasteiger charge is -2.32. The van der Waals surface area contributed by atoms with E-state index in [1.165, 1.54) is 0 Å². The van der Waals surface area contributed by atoms with Crippen LogP contribution in [0.3, 0.4) is 0 Å². The maximum Gasteiger partial charge on any atom is 0.226 e. The number of methoxy groups -OCH3 is 1.